The number of benzene rings is 3. The van der Waals surface area contributed by atoms with E-state index in [1.165, 1.54) is 12.1 Å². The molecule has 0 spiro atoms. The smallest absolute Gasteiger partial charge is 0.337 e. The van der Waals surface area contributed by atoms with Gasteiger partial charge < -0.3 is 15.5 Å². The van der Waals surface area contributed by atoms with E-state index in [0.29, 0.717) is 16.7 Å². The quantitative estimate of drug-likeness (QED) is 0.625. The van der Waals surface area contributed by atoms with E-state index in [4.69, 9.17) is 11.6 Å². The van der Waals surface area contributed by atoms with E-state index in [2.05, 4.69) is 5.32 Å². The second-order valence-corrected chi connectivity index (χ2v) is 5.96. The van der Waals surface area contributed by atoms with Gasteiger partial charge in [-0.1, -0.05) is 41.9 Å². The highest BCUT2D eigenvalue weighted by molar-refractivity contribution is 6.32. The average molecular weight is 368 g/mol. The molecule has 26 heavy (non-hydrogen) atoms. The molecule has 1 amide bonds. The number of phenols is 1. The van der Waals surface area contributed by atoms with E-state index < -0.39 is 11.9 Å². The highest BCUT2D eigenvalue weighted by atomic mass is 35.5. The van der Waals surface area contributed by atoms with Gasteiger partial charge in [0.25, 0.3) is 5.91 Å². The predicted molar refractivity (Wildman–Crippen MR) is 99.9 cm³/mol. The number of hydrogen-bond donors (Lipinski definition) is 3. The Morgan fingerprint density at radius 2 is 1.54 bits per heavy atom. The molecule has 3 aromatic carbocycles. The minimum atomic E-state index is -1.15. The molecular formula is C20H14ClNO4. The standard InChI is InChI=1S/C20H14ClNO4/c21-16-10-13(7-9-18(16)23)14-6-8-15(20(25)26)17(11-14)22-19(24)12-4-2-1-3-5-12/h1-11,23H,(H,22,24)(H,25,26). The molecule has 130 valence electrons. The third-order valence-corrected chi connectivity index (χ3v) is 4.12. The molecule has 5 nitrogen and oxygen atoms in total. The largest absolute Gasteiger partial charge is 0.506 e. The molecule has 0 heterocycles. The van der Waals surface area contributed by atoms with E-state index in [1.54, 1.807) is 54.6 Å². The summed E-state index contributed by atoms with van der Waals surface area (Å²) in [6.07, 6.45) is 0. The van der Waals surface area contributed by atoms with E-state index in [-0.39, 0.29) is 22.0 Å². The van der Waals surface area contributed by atoms with Crippen LogP contribution in [0.5, 0.6) is 5.75 Å². The number of nitrogens with one attached hydrogen (secondary N) is 1. The lowest BCUT2D eigenvalue weighted by Crippen LogP contribution is -2.14. The van der Waals surface area contributed by atoms with E-state index >= 15 is 0 Å². The number of halogens is 1. The van der Waals surface area contributed by atoms with Crippen molar-refractivity contribution < 1.29 is 19.8 Å². The molecule has 3 rings (SSSR count). The molecule has 3 aromatic rings. The molecule has 6 heteroatoms. The number of amides is 1. The van der Waals surface area contributed by atoms with Crippen molar-refractivity contribution in [2.45, 2.75) is 0 Å². The first-order valence-electron chi connectivity index (χ1n) is 7.68. The first-order valence-corrected chi connectivity index (χ1v) is 8.06. The topological polar surface area (TPSA) is 86.6 Å². The van der Waals surface area contributed by atoms with Crippen molar-refractivity contribution in [3.05, 3.63) is 82.9 Å². The third-order valence-electron chi connectivity index (χ3n) is 3.82. The Kier molecular flexibility index (Phi) is 4.91. The average Bonchev–Trinajstić information content (AvgIpc) is 2.64. The number of hydrogen-bond acceptors (Lipinski definition) is 3. The van der Waals surface area contributed by atoms with E-state index in [0.717, 1.165) is 0 Å². The number of anilines is 1. The van der Waals surface area contributed by atoms with Crippen molar-refractivity contribution in [3.8, 4) is 16.9 Å². The molecule has 0 unspecified atom stereocenters. The minimum Gasteiger partial charge on any atom is -0.506 e. The van der Waals surface area contributed by atoms with Crippen molar-refractivity contribution >= 4 is 29.2 Å². The Morgan fingerprint density at radius 1 is 0.885 bits per heavy atom. The van der Waals surface area contributed by atoms with Crippen LogP contribution in [0.2, 0.25) is 5.02 Å². The number of carbonyl (C=O) groups is 2. The summed E-state index contributed by atoms with van der Waals surface area (Å²) >= 11 is 5.94. The predicted octanol–water partition coefficient (Wildman–Crippen LogP) is 4.66. The summed E-state index contributed by atoms with van der Waals surface area (Å²) < 4.78 is 0. The Bertz CT molecular complexity index is 986. The number of rotatable bonds is 4. The van der Waals surface area contributed by atoms with Crippen LogP contribution in [0.15, 0.2) is 66.7 Å². The summed E-state index contributed by atoms with van der Waals surface area (Å²) in [4.78, 5) is 23.9. The van der Waals surface area contributed by atoms with Gasteiger partial charge in [0.2, 0.25) is 0 Å². The molecular weight excluding hydrogens is 354 g/mol. The second kappa shape index (κ2) is 7.29. The molecule has 0 aliphatic rings. The molecule has 0 aliphatic carbocycles. The fourth-order valence-corrected chi connectivity index (χ4v) is 2.66. The van der Waals surface area contributed by atoms with Gasteiger partial charge in [-0.15, -0.1) is 0 Å². The van der Waals surface area contributed by atoms with Crippen molar-refractivity contribution in [1.82, 2.24) is 0 Å². The summed E-state index contributed by atoms with van der Waals surface area (Å²) in [6, 6.07) is 17.8. The third kappa shape index (κ3) is 3.68. The molecule has 0 bridgehead atoms. The zero-order valence-corrected chi connectivity index (χ0v) is 14.2. The zero-order valence-electron chi connectivity index (χ0n) is 13.4. The molecule has 0 saturated heterocycles. The highest BCUT2D eigenvalue weighted by Crippen LogP contribution is 2.31. The summed E-state index contributed by atoms with van der Waals surface area (Å²) in [7, 11) is 0. The van der Waals surface area contributed by atoms with Gasteiger partial charge in [0.15, 0.2) is 0 Å². The van der Waals surface area contributed by atoms with Crippen LogP contribution in [0.3, 0.4) is 0 Å². The summed E-state index contributed by atoms with van der Waals surface area (Å²) in [6.45, 7) is 0. The number of aromatic carboxylic acids is 1. The number of phenolic OH excluding ortho intramolecular Hbond substituents is 1. The fraction of sp³-hybridized carbons (Fsp3) is 0. The van der Waals surface area contributed by atoms with Crippen molar-refractivity contribution in [2.24, 2.45) is 0 Å². The lowest BCUT2D eigenvalue weighted by Gasteiger charge is -2.12. The van der Waals surface area contributed by atoms with Crippen LogP contribution in [0.1, 0.15) is 20.7 Å². The normalized spacial score (nSPS) is 10.3. The monoisotopic (exact) mass is 367 g/mol. The molecule has 0 saturated carbocycles. The SMILES string of the molecule is O=C(Nc1cc(-c2ccc(O)c(Cl)c2)ccc1C(=O)O)c1ccccc1. The second-order valence-electron chi connectivity index (χ2n) is 5.55. The highest BCUT2D eigenvalue weighted by Gasteiger charge is 2.15. The maximum absolute atomic E-state index is 12.4. The summed E-state index contributed by atoms with van der Waals surface area (Å²) in [5, 5.41) is 21.7. The van der Waals surface area contributed by atoms with Crippen LogP contribution < -0.4 is 5.32 Å². The van der Waals surface area contributed by atoms with Gasteiger partial charge in [-0.05, 0) is 47.5 Å². The number of carboxylic acid groups (broad SMARTS) is 1. The van der Waals surface area contributed by atoms with Crippen LogP contribution in [0.25, 0.3) is 11.1 Å². The van der Waals surface area contributed by atoms with Gasteiger partial charge in [0, 0.05) is 5.56 Å². The summed E-state index contributed by atoms with van der Waals surface area (Å²) in [5.41, 5.74) is 1.90. The van der Waals surface area contributed by atoms with Gasteiger partial charge in [-0.2, -0.15) is 0 Å². The van der Waals surface area contributed by atoms with Crippen LogP contribution >= 0.6 is 11.6 Å². The van der Waals surface area contributed by atoms with Crippen molar-refractivity contribution in [3.63, 3.8) is 0 Å². The van der Waals surface area contributed by atoms with Gasteiger partial charge in [0.05, 0.1) is 16.3 Å². The Balaban J connectivity index is 2.00. The Labute approximate surface area is 154 Å². The molecule has 0 aliphatic heterocycles. The number of carboxylic acids is 1. The molecule has 0 aromatic heterocycles. The molecule has 0 radical (unpaired) electrons. The first kappa shape index (κ1) is 17.5. The minimum absolute atomic E-state index is 0.0251. The van der Waals surface area contributed by atoms with Crippen LogP contribution in [-0.2, 0) is 0 Å². The van der Waals surface area contributed by atoms with Crippen LogP contribution in [0, 0.1) is 0 Å². The number of aromatic hydroxyl groups is 1. The molecule has 0 atom stereocenters. The Hall–Kier alpha value is -3.31. The molecule has 0 fully saturated rings. The zero-order chi connectivity index (χ0) is 18.7. The maximum Gasteiger partial charge on any atom is 0.337 e. The van der Waals surface area contributed by atoms with Crippen LogP contribution in [0.4, 0.5) is 5.69 Å². The number of carbonyl (C=O) groups excluding carboxylic acids is 1. The van der Waals surface area contributed by atoms with Crippen molar-refractivity contribution in [2.75, 3.05) is 5.32 Å². The van der Waals surface area contributed by atoms with Gasteiger partial charge in [-0.25, -0.2) is 4.79 Å². The van der Waals surface area contributed by atoms with Gasteiger partial charge >= 0.3 is 5.97 Å². The molecule has 3 N–H and O–H groups in total. The Morgan fingerprint density at radius 3 is 2.19 bits per heavy atom. The fourth-order valence-electron chi connectivity index (χ4n) is 2.48. The van der Waals surface area contributed by atoms with Gasteiger partial charge in [0.1, 0.15) is 5.75 Å². The van der Waals surface area contributed by atoms with E-state index in [9.17, 15) is 19.8 Å². The maximum atomic E-state index is 12.4. The lowest BCUT2D eigenvalue weighted by molar-refractivity contribution is 0.0698. The summed E-state index contributed by atoms with van der Waals surface area (Å²) in [5.74, 6) is -1.60. The van der Waals surface area contributed by atoms with Crippen molar-refractivity contribution in [1.29, 1.82) is 0 Å². The first-order chi connectivity index (χ1) is 12.5. The van der Waals surface area contributed by atoms with E-state index in [1.807, 2.05) is 0 Å². The lowest BCUT2D eigenvalue weighted by atomic mass is 10.0. The van der Waals surface area contributed by atoms with Gasteiger partial charge in [-0.3, -0.25) is 4.79 Å². The van der Waals surface area contributed by atoms with Crippen LogP contribution in [-0.4, -0.2) is 22.1 Å².